The van der Waals surface area contributed by atoms with Gasteiger partial charge in [-0.1, -0.05) is 0 Å². The van der Waals surface area contributed by atoms with Gasteiger partial charge in [-0.15, -0.1) is 11.3 Å². The lowest BCUT2D eigenvalue weighted by molar-refractivity contribution is 1.10. The van der Waals surface area contributed by atoms with Gasteiger partial charge in [0.2, 0.25) is 0 Å². The molecule has 1 aromatic carbocycles. The molecular weight excluding hydrogens is 286 g/mol. The summed E-state index contributed by atoms with van der Waals surface area (Å²) in [5.74, 6) is 0. The molecule has 2 rings (SSSR count). The van der Waals surface area contributed by atoms with Gasteiger partial charge >= 0.3 is 0 Å². The second-order valence-electron chi connectivity index (χ2n) is 3.09. The van der Waals surface area contributed by atoms with Crippen molar-refractivity contribution in [1.82, 2.24) is 4.98 Å². The Balaban J connectivity index is 2.08. The minimum Gasteiger partial charge on any atom is -0.378 e. The maximum atomic E-state index is 8.73. The van der Waals surface area contributed by atoms with E-state index in [1.165, 1.54) is 0 Å². The van der Waals surface area contributed by atoms with Crippen LogP contribution in [0.4, 0.5) is 5.69 Å². The smallest absolute Gasteiger partial charge is 0.112 e. The average molecular weight is 294 g/mol. The fourth-order valence-corrected chi connectivity index (χ4v) is 2.31. The van der Waals surface area contributed by atoms with Crippen molar-refractivity contribution in [3.05, 3.63) is 44.8 Å². The fraction of sp³-hybridized carbons (Fsp3) is 0.0909. The lowest BCUT2D eigenvalue weighted by atomic mass is 10.2. The first-order valence-electron chi connectivity index (χ1n) is 4.61. The lowest BCUT2D eigenvalue weighted by Crippen LogP contribution is -1.99. The van der Waals surface area contributed by atoms with E-state index in [0.29, 0.717) is 12.1 Å². The van der Waals surface area contributed by atoms with Crippen LogP contribution in [-0.2, 0) is 6.54 Å². The summed E-state index contributed by atoms with van der Waals surface area (Å²) in [7, 11) is 0. The summed E-state index contributed by atoms with van der Waals surface area (Å²) in [4.78, 5) is 4.18. The highest BCUT2D eigenvalue weighted by Gasteiger charge is 2.01. The van der Waals surface area contributed by atoms with Gasteiger partial charge in [0.1, 0.15) is 5.01 Å². The average Bonchev–Trinajstić information content (AvgIpc) is 2.80. The Morgan fingerprint density at radius 2 is 2.38 bits per heavy atom. The quantitative estimate of drug-likeness (QED) is 0.944. The van der Waals surface area contributed by atoms with Crippen LogP contribution in [0.15, 0.2) is 34.2 Å². The molecular formula is C11H8BrN3S. The molecule has 16 heavy (non-hydrogen) atoms. The molecule has 0 saturated heterocycles. The Hall–Kier alpha value is -1.38. The molecule has 0 aliphatic heterocycles. The molecule has 1 aromatic heterocycles. The highest BCUT2D eigenvalue weighted by Crippen LogP contribution is 2.24. The summed E-state index contributed by atoms with van der Waals surface area (Å²) in [5, 5.41) is 15.0. The van der Waals surface area contributed by atoms with E-state index in [9.17, 15) is 0 Å². The van der Waals surface area contributed by atoms with Crippen LogP contribution in [0.5, 0.6) is 0 Å². The third-order valence-corrected chi connectivity index (χ3v) is 3.45. The zero-order valence-corrected chi connectivity index (χ0v) is 10.7. The molecule has 0 spiro atoms. The number of halogens is 1. The van der Waals surface area contributed by atoms with Gasteiger partial charge in [-0.25, -0.2) is 4.98 Å². The third-order valence-electron chi connectivity index (χ3n) is 2.01. The molecule has 0 saturated carbocycles. The van der Waals surface area contributed by atoms with E-state index in [1.54, 1.807) is 29.7 Å². The number of hydrogen-bond donors (Lipinski definition) is 1. The zero-order chi connectivity index (χ0) is 11.4. The number of nitrogens with one attached hydrogen (secondary N) is 1. The number of thiazole rings is 1. The highest BCUT2D eigenvalue weighted by molar-refractivity contribution is 9.10. The zero-order valence-electron chi connectivity index (χ0n) is 8.27. The largest absolute Gasteiger partial charge is 0.378 e. The van der Waals surface area contributed by atoms with E-state index >= 15 is 0 Å². The summed E-state index contributed by atoms with van der Waals surface area (Å²) < 4.78 is 0.892. The molecule has 0 aliphatic rings. The summed E-state index contributed by atoms with van der Waals surface area (Å²) in [6, 6.07) is 7.56. The maximum Gasteiger partial charge on any atom is 0.112 e. The van der Waals surface area contributed by atoms with Crippen LogP contribution in [0.3, 0.4) is 0 Å². The van der Waals surface area contributed by atoms with Gasteiger partial charge in [-0.3, -0.25) is 0 Å². The summed E-state index contributed by atoms with van der Waals surface area (Å²) in [6.07, 6.45) is 1.79. The Kier molecular flexibility index (Phi) is 3.54. The first-order chi connectivity index (χ1) is 7.79. The number of hydrogen-bond acceptors (Lipinski definition) is 4. The van der Waals surface area contributed by atoms with Crippen molar-refractivity contribution in [2.45, 2.75) is 6.54 Å². The van der Waals surface area contributed by atoms with Gasteiger partial charge in [0.25, 0.3) is 0 Å². The number of nitriles is 1. The van der Waals surface area contributed by atoms with Crippen molar-refractivity contribution in [3.8, 4) is 6.07 Å². The van der Waals surface area contributed by atoms with Crippen molar-refractivity contribution in [2.24, 2.45) is 0 Å². The fourth-order valence-electron chi connectivity index (χ4n) is 1.24. The first-order valence-corrected chi connectivity index (χ1v) is 6.29. The van der Waals surface area contributed by atoms with Crippen LogP contribution in [0, 0.1) is 11.3 Å². The SMILES string of the molecule is N#Cc1ccc(NCc2nccs2)c(Br)c1. The van der Waals surface area contributed by atoms with Crippen LogP contribution >= 0.6 is 27.3 Å². The van der Waals surface area contributed by atoms with E-state index in [-0.39, 0.29) is 0 Å². The minimum atomic E-state index is 0.645. The van der Waals surface area contributed by atoms with Crippen LogP contribution in [-0.4, -0.2) is 4.98 Å². The molecule has 0 atom stereocenters. The predicted molar refractivity (Wildman–Crippen MR) is 68.3 cm³/mol. The van der Waals surface area contributed by atoms with Crippen molar-refractivity contribution >= 4 is 33.0 Å². The first kappa shape index (κ1) is 11.1. The molecule has 0 radical (unpaired) electrons. The van der Waals surface area contributed by atoms with E-state index in [2.05, 4.69) is 32.3 Å². The maximum absolute atomic E-state index is 8.73. The molecule has 0 unspecified atom stereocenters. The van der Waals surface area contributed by atoms with E-state index in [0.717, 1.165) is 15.2 Å². The van der Waals surface area contributed by atoms with Gasteiger partial charge in [0.15, 0.2) is 0 Å². The van der Waals surface area contributed by atoms with Crippen molar-refractivity contribution in [3.63, 3.8) is 0 Å². The van der Waals surface area contributed by atoms with Crippen LogP contribution in [0.2, 0.25) is 0 Å². The van der Waals surface area contributed by atoms with Gasteiger partial charge in [-0.05, 0) is 34.1 Å². The molecule has 5 heteroatoms. The van der Waals surface area contributed by atoms with Crippen LogP contribution in [0.25, 0.3) is 0 Å². The topological polar surface area (TPSA) is 48.7 Å². The summed E-state index contributed by atoms with van der Waals surface area (Å²) >= 11 is 5.04. The minimum absolute atomic E-state index is 0.645. The molecule has 80 valence electrons. The van der Waals surface area contributed by atoms with Gasteiger partial charge in [-0.2, -0.15) is 5.26 Å². The monoisotopic (exact) mass is 293 g/mol. The van der Waals surface area contributed by atoms with E-state index in [4.69, 9.17) is 5.26 Å². The summed E-state index contributed by atoms with van der Waals surface area (Å²) in [6.45, 7) is 0.697. The molecule has 0 fully saturated rings. The molecule has 1 N–H and O–H groups in total. The number of nitrogens with zero attached hydrogens (tertiary/aromatic N) is 2. The predicted octanol–water partition coefficient (Wildman–Crippen LogP) is 3.39. The molecule has 1 heterocycles. The van der Waals surface area contributed by atoms with Crippen LogP contribution in [0.1, 0.15) is 10.6 Å². The number of rotatable bonds is 3. The molecule has 0 amide bonds. The standard InChI is InChI=1S/C11H8BrN3S/c12-9-5-8(6-13)1-2-10(9)15-7-11-14-3-4-16-11/h1-5,15H,7H2. The second kappa shape index (κ2) is 5.10. The molecule has 2 aromatic rings. The Morgan fingerprint density at radius 3 is 3.00 bits per heavy atom. The van der Waals surface area contributed by atoms with E-state index < -0.39 is 0 Å². The summed E-state index contributed by atoms with van der Waals surface area (Å²) in [5.41, 5.74) is 1.61. The third kappa shape index (κ3) is 2.60. The molecule has 0 bridgehead atoms. The number of aromatic nitrogens is 1. The van der Waals surface area contributed by atoms with Crippen LogP contribution < -0.4 is 5.32 Å². The van der Waals surface area contributed by atoms with E-state index in [1.807, 2.05) is 11.4 Å². The van der Waals surface area contributed by atoms with Gasteiger partial charge in [0, 0.05) is 21.7 Å². The second-order valence-corrected chi connectivity index (χ2v) is 4.92. The van der Waals surface area contributed by atoms with Gasteiger partial charge in [0.05, 0.1) is 18.2 Å². The van der Waals surface area contributed by atoms with Crippen molar-refractivity contribution in [2.75, 3.05) is 5.32 Å². The van der Waals surface area contributed by atoms with Crippen molar-refractivity contribution < 1.29 is 0 Å². The van der Waals surface area contributed by atoms with Gasteiger partial charge < -0.3 is 5.32 Å². The number of benzene rings is 1. The molecule has 3 nitrogen and oxygen atoms in total. The Labute approximate surface area is 106 Å². The van der Waals surface area contributed by atoms with Crippen molar-refractivity contribution in [1.29, 1.82) is 5.26 Å². The number of anilines is 1. The Bertz CT molecular complexity index is 517. The highest BCUT2D eigenvalue weighted by atomic mass is 79.9. The normalized spacial score (nSPS) is 9.75. The Morgan fingerprint density at radius 1 is 1.50 bits per heavy atom. The molecule has 0 aliphatic carbocycles. The lowest BCUT2D eigenvalue weighted by Gasteiger charge is -2.06.